The fourth-order valence-electron chi connectivity index (χ4n) is 2.82. The number of nitrogens with zero attached hydrogens (tertiary/aromatic N) is 3. The third-order valence-electron chi connectivity index (χ3n) is 4.19. The number of rotatable bonds is 4. The highest BCUT2D eigenvalue weighted by atomic mass is 35.5. The minimum absolute atomic E-state index is 0.164. The Hall–Kier alpha value is -2.70. The predicted molar refractivity (Wildman–Crippen MR) is 104 cm³/mol. The van der Waals surface area contributed by atoms with Gasteiger partial charge in [-0.1, -0.05) is 23.7 Å². The summed E-state index contributed by atoms with van der Waals surface area (Å²) in [7, 11) is 1.90. The molecule has 130 valence electrons. The molecule has 4 aromatic rings. The number of benzene rings is 2. The first-order valence-electron chi connectivity index (χ1n) is 7.98. The van der Waals surface area contributed by atoms with Gasteiger partial charge in [0.1, 0.15) is 11.9 Å². The molecular formula is C19H15ClN4OS. The van der Waals surface area contributed by atoms with Crippen molar-refractivity contribution < 1.29 is 4.79 Å². The molecule has 0 spiro atoms. The summed E-state index contributed by atoms with van der Waals surface area (Å²) in [6.07, 6.45) is 3.57. The fraction of sp³-hybridized carbons (Fsp3) is 0.105. The molecule has 1 unspecified atom stereocenters. The van der Waals surface area contributed by atoms with E-state index in [2.05, 4.69) is 15.3 Å². The monoisotopic (exact) mass is 382 g/mol. The molecule has 0 fully saturated rings. The van der Waals surface area contributed by atoms with Gasteiger partial charge in [-0.15, -0.1) is 11.3 Å². The largest absolute Gasteiger partial charge is 0.338 e. The van der Waals surface area contributed by atoms with Crippen molar-refractivity contribution in [2.75, 3.05) is 0 Å². The molecule has 1 atom stereocenters. The van der Waals surface area contributed by atoms with Gasteiger partial charge >= 0.3 is 0 Å². The number of amides is 1. The molecule has 1 amide bonds. The van der Waals surface area contributed by atoms with Crippen LogP contribution in [0.2, 0.25) is 5.02 Å². The number of thiazole rings is 1. The predicted octanol–water partition coefficient (Wildman–Crippen LogP) is 4.20. The first kappa shape index (κ1) is 16.8. The second-order valence-corrected chi connectivity index (χ2v) is 7.21. The molecule has 0 radical (unpaired) electrons. The van der Waals surface area contributed by atoms with Gasteiger partial charge < -0.3 is 9.88 Å². The lowest BCUT2D eigenvalue weighted by Crippen LogP contribution is -2.31. The highest BCUT2D eigenvalue weighted by molar-refractivity contribution is 7.16. The molecule has 0 bridgehead atoms. The average Bonchev–Trinajstić information content (AvgIpc) is 3.28. The minimum Gasteiger partial charge on any atom is -0.338 e. The summed E-state index contributed by atoms with van der Waals surface area (Å²) < 4.78 is 2.88. The summed E-state index contributed by atoms with van der Waals surface area (Å²) in [5, 5.41) is 3.74. The molecule has 2 aromatic heterocycles. The van der Waals surface area contributed by atoms with Crippen molar-refractivity contribution >= 4 is 39.1 Å². The van der Waals surface area contributed by atoms with Crippen LogP contribution in [0.4, 0.5) is 0 Å². The standard InChI is InChI=1S/C19H15ClN4OS/c1-24-9-8-21-18(24)17(12-2-5-14(20)6-3-12)23-19(25)13-4-7-15-16(10-13)26-11-22-15/h2-11,17H,1H3,(H,23,25). The second-order valence-electron chi connectivity index (χ2n) is 5.89. The van der Waals surface area contributed by atoms with Crippen molar-refractivity contribution in [3.63, 3.8) is 0 Å². The van der Waals surface area contributed by atoms with E-state index in [1.807, 2.05) is 54.2 Å². The Balaban J connectivity index is 1.68. The molecule has 0 aliphatic rings. The van der Waals surface area contributed by atoms with Gasteiger partial charge in [0.15, 0.2) is 0 Å². The van der Waals surface area contributed by atoms with Crippen LogP contribution in [0.1, 0.15) is 27.8 Å². The number of aryl methyl sites for hydroxylation is 1. The Morgan fingerprint density at radius 1 is 1.19 bits per heavy atom. The van der Waals surface area contributed by atoms with Gasteiger partial charge in [0.2, 0.25) is 0 Å². The third kappa shape index (κ3) is 3.21. The van der Waals surface area contributed by atoms with Crippen LogP contribution in [0.3, 0.4) is 0 Å². The third-order valence-corrected chi connectivity index (χ3v) is 5.23. The Kier molecular flexibility index (Phi) is 4.44. The Labute approximate surface area is 159 Å². The van der Waals surface area contributed by atoms with Crippen LogP contribution in [-0.4, -0.2) is 20.4 Å². The van der Waals surface area contributed by atoms with Crippen LogP contribution >= 0.6 is 22.9 Å². The lowest BCUT2D eigenvalue weighted by atomic mass is 10.1. The maximum Gasteiger partial charge on any atom is 0.252 e. The molecular weight excluding hydrogens is 368 g/mol. The summed E-state index contributed by atoms with van der Waals surface area (Å²) in [4.78, 5) is 21.5. The summed E-state index contributed by atoms with van der Waals surface area (Å²) in [5.41, 5.74) is 4.17. The quantitative estimate of drug-likeness (QED) is 0.575. The molecule has 0 aliphatic heterocycles. The summed E-state index contributed by atoms with van der Waals surface area (Å²) >= 11 is 7.52. The topological polar surface area (TPSA) is 59.8 Å². The second kappa shape index (κ2) is 6.90. The first-order valence-corrected chi connectivity index (χ1v) is 9.24. The first-order chi connectivity index (χ1) is 12.6. The fourth-order valence-corrected chi connectivity index (χ4v) is 3.66. The molecule has 1 N–H and O–H groups in total. The van der Waals surface area contributed by atoms with Crippen molar-refractivity contribution in [3.05, 3.63) is 82.3 Å². The van der Waals surface area contributed by atoms with Gasteiger partial charge in [0, 0.05) is 30.0 Å². The van der Waals surface area contributed by atoms with Crippen LogP contribution in [0, 0.1) is 0 Å². The van der Waals surface area contributed by atoms with Gasteiger partial charge in [-0.2, -0.15) is 0 Å². The van der Waals surface area contributed by atoms with Crippen LogP contribution < -0.4 is 5.32 Å². The van der Waals surface area contributed by atoms with Crippen LogP contribution in [-0.2, 0) is 7.05 Å². The maximum atomic E-state index is 12.9. The van der Waals surface area contributed by atoms with Crippen molar-refractivity contribution in [2.45, 2.75) is 6.04 Å². The van der Waals surface area contributed by atoms with Gasteiger partial charge in [-0.05, 0) is 35.9 Å². The number of imidazole rings is 1. The number of halogens is 1. The molecule has 0 aliphatic carbocycles. The van der Waals surface area contributed by atoms with Crippen molar-refractivity contribution in [1.29, 1.82) is 0 Å². The lowest BCUT2D eigenvalue weighted by Gasteiger charge is -2.19. The molecule has 26 heavy (non-hydrogen) atoms. The molecule has 0 saturated carbocycles. The SMILES string of the molecule is Cn1ccnc1C(NC(=O)c1ccc2ncsc2c1)c1ccc(Cl)cc1. The van der Waals surface area contributed by atoms with Gasteiger partial charge in [-0.3, -0.25) is 4.79 Å². The number of fused-ring (bicyclic) bond motifs is 1. The Morgan fingerprint density at radius 3 is 2.73 bits per heavy atom. The summed E-state index contributed by atoms with van der Waals surface area (Å²) in [6, 6.07) is 12.5. The van der Waals surface area contributed by atoms with Crippen LogP contribution in [0.25, 0.3) is 10.2 Å². The van der Waals surface area contributed by atoms with Crippen LogP contribution in [0.15, 0.2) is 60.4 Å². The Bertz CT molecular complexity index is 1070. The van der Waals surface area contributed by atoms with Crippen molar-refractivity contribution in [1.82, 2.24) is 19.9 Å². The number of hydrogen-bond donors (Lipinski definition) is 1. The minimum atomic E-state index is -0.378. The molecule has 5 nitrogen and oxygen atoms in total. The molecule has 0 saturated heterocycles. The van der Waals surface area contributed by atoms with E-state index in [0.29, 0.717) is 10.6 Å². The maximum absolute atomic E-state index is 12.9. The van der Waals surface area contributed by atoms with E-state index < -0.39 is 0 Å². The normalized spacial score (nSPS) is 12.2. The van der Waals surface area contributed by atoms with Crippen molar-refractivity contribution in [3.8, 4) is 0 Å². The molecule has 4 rings (SSSR count). The number of hydrogen-bond acceptors (Lipinski definition) is 4. The van der Waals surface area contributed by atoms with Crippen LogP contribution in [0.5, 0.6) is 0 Å². The number of nitrogens with one attached hydrogen (secondary N) is 1. The smallest absolute Gasteiger partial charge is 0.252 e. The zero-order chi connectivity index (χ0) is 18.1. The van der Waals surface area contributed by atoms with Crippen molar-refractivity contribution in [2.24, 2.45) is 7.05 Å². The van der Waals surface area contributed by atoms with E-state index in [0.717, 1.165) is 21.6 Å². The zero-order valence-corrected chi connectivity index (χ0v) is 15.5. The average molecular weight is 383 g/mol. The highest BCUT2D eigenvalue weighted by Gasteiger charge is 2.21. The van der Waals surface area contributed by atoms with E-state index >= 15 is 0 Å². The highest BCUT2D eigenvalue weighted by Crippen LogP contribution is 2.24. The van der Waals surface area contributed by atoms with Gasteiger partial charge in [0.25, 0.3) is 5.91 Å². The van der Waals surface area contributed by atoms with E-state index in [4.69, 9.17) is 11.6 Å². The number of carbonyl (C=O) groups excluding carboxylic acids is 1. The van der Waals surface area contributed by atoms with Gasteiger partial charge in [0.05, 0.1) is 15.7 Å². The molecule has 7 heteroatoms. The number of carbonyl (C=O) groups is 1. The molecule has 2 heterocycles. The Morgan fingerprint density at radius 2 is 2.00 bits per heavy atom. The van der Waals surface area contributed by atoms with E-state index in [1.54, 1.807) is 17.8 Å². The van der Waals surface area contributed by atoms with E-state index in [1.165, 1.54) is 11.3 Å². The summed E-state index contributed by atoms with van der Waals surface area (Å²) in [6.45, 7) is 0. The van der Waals surface area contributed by atoms with Gasteiger partial charge in [-0.25, -0.2) is 9.97 Å². The summed E-state index contributed by atoms with van der Waals surface area (Å²) in [5.74, 6) is 0.586. The lowest BCUT2D eigenvalue weighted by molar-refractivity contribution is 0.0941. The number of aromatic nitrogens is 3. The van der Waals surface area contributed by atoms with E-state index in [9.17, 15) is 4.79 Å². The zero-order valence-electron chi connectivity index (χ0n) is 13.9. The van der Waals surface area contributed by atoms with E-state index in [-0.39, 0.29) is 11.9 Å². The molecule has 2 aromatic carbocycles.